The Morgan fingerprint density at radius 2 is 2.26 bits per heavy atom. The smallest absolute Gasteiger partial charge is 0.290 e. The second kappa shape index (κ2) is 4.61. The van der Waals surface area contributed by atoms with E-state index in [0.29, 0.717) is 12.2 Å². The quantitative estimate of drug-likeness (QED) is 0.755. The number of aromatic nitrogens is 2. The highest BCUT2D eigenvalue weighted by atomic mass is 16.5. The zero-order valence-electron chi connectivity index (χ0n) is 10.4. The van der Waals surface area contributed by atoms with E-state index >= 15 is 0 Å². The molecule has 0 saturated carbocycles. The molecule has 0 aliphatic rings. The number of hydrogen-bond donors (Lipinski definition) is 2. The number of carbonyl (C=O) groups is 1. The molecule has 0 radical (unpaired) electrons. The van der Waals surface area contributed by atoms with E-state index in [-0.39, 0.29) is 11.7 Å². The van der Waals surface area contributed by atoms with E-state index in [9.17, 15) is 4.79 Å². The van der Waals surface area contributed by atoms with Crippen LogP contribution in [-0.2, 0) is 6.54 Å². The van der Waals surface area contributed by atoms with E-state index in [1.807, 2.05) is 30.5 Å². The van der Waals surface area contributed by atoms with Gasteiger partial charge in [-0.1, -0.05) is 11.2 Å². The first-order chi connectivity index (χ1) is 9.22. The molecule has 0 aliphatic heterocycles. The molecule has 0 spiro atoms. The summed E-state index contributed by atoms with van der Waals surface area (Å²) in [5.74, 6) is -0.0185. The maximum Gasteiger partial charge on any atom is 0.290 e. The summed E-state index contributed by atoms with van der Waals surface area (Å²) in [5, 5.41) is 7.62. The van der Waals surface area contributed by atoms with E-state index < -0.39 is 0 Å². The summed E-state index contributed by atoms with van der Waals surface area (Å²) >= 11 is 0. The summed E-state index contributed by atoms with van der Waals surface area (Å²) in [6, 6.07) is 9.63. The highest BCUT2D eigenvalue weighted by Gasteiger charge is 2.10. The highest BCUT2D eigenvalue weighted by Crippen LogP contribution is 2.14. The van der Waals surface area contributed by atoms with Crippen LogP contribution >= 0.6 is 0 Å². The minimum Gasteiger partial charge on any atom is -0.361 e. The standard InChI is InChI=1S/C14H13N3O2/c1-9-6-13(19-17-9)14(18)16-8-10-2-3-12-11(7-10)4-5-15-12/h2-7,15H,8H2,1H3,(H,16,18). The van der Waals surface area contributed by atoms with Crippen molar-refractivity contribution in [2.75, 3.05) is 0 Å². The van der Waals surface area contributed by atoms with Crippen LogP contribution in [0.3, 0.4) is 0 Å². The largest absolute Gasteiger partial charge is 0.361 e. The molecule has 1 aromatic carbocycles. The Morgan fingerprint density at radius 1 is 1.37 bits per heavy atom. The summed E-state index contributed by atoms with van der Waals surface area (Å²) < 4.78 is 4.91. The number of benzene rings is 1. The van der Waals surface area contributed by atoms with Gasteiger partial charge in [-0.15, -0.1) is 0 Å². The van der Waals surface area contributed by atoms with Crippen LogP contribution in [0.2, 0.25) is 0 Å². The lowest BCUT2D eigenvalue weighted by Gasteiger charge is -2.03. The van der Waals surface area contributed by atoms with Gasteiger partial charge < -0.3 is 14.8 Å². The predicted octanol–water partition coefficient (Wildman–Crippen LogP) is 2.39. The van der Waals surface area contributed by atoms with E-state index in [2.05, 4.69) is 15.5 Å². The van der Waals surface area contributed by atoms with Gasteiger partial charge in [0.15, 0.2) is 0 Å². The van der Waals surface area contributed by atoms with Gasteiger partial charge in [0.05, 0.1) is 5.69 Å². The molecule has 3 rings (SSSR count). The third-order valence-corrected chi connectivity index (χ3v) is 2.92. The molecule has 19 heavy (non-hydrogen) atoms. The van der Waals surface area contributed by atoms with Crippen molar-refractivity contribution in [3.63, 3.8) is 0 Å². The lowest BCUT2D eigenvalue weighted by molar-refractivity contribution is 0.0914. The summed E-state index contributed by atoms with van der Waals surface area (Å²) in [4.78, 5) is 14.9. The van der Waals surface area contributed by atoms with Crippen LogP contribution in [-0.4, -0.2) is 16.0 Å². The van der Waals surface area contributed by atoms with Gasteiger partial charge in [0, 0.05) is 24.3 Å². The van der Waals surface area contributed by atoms with Crippen molar-refractivity contribution in [2.45, 2.75) is 13.5 Å². The first kappa shape index (κ1) is 11.5. The van der Waals surface area contributed by atoms with Gasteiger partial charge in [-0.25, -0.2) is 0 Å². The fourth-order valence-corrected chi connectivity index (χ4v) is 1.95. The van der Waals surface area contributed by atoms with Gasteiger partial charge in [-0.2, -0.15) is 0 Å². The third kappa shape index (κ3) is 2.35. The Kier molecular flexibility index (Phi) is 2.79. The Labute approximate surface area is 109 Å². The molecule has 96 valence electrons. The van der Waals surface area contributed by atoms with E-state index in [0.717, 1.165) is 16.5 Å². The van der Waals surface area contributed by atoms with Gasteiger partial charge in [-0.3, -0.25) is 4.79 Å². The topological polar surface area (TPSA) is 70.9 Å². The van der Waals surface area contributed by atoms with Gasteiger partial charge in [0.2, 0.25) is 5.76 Å². The van der Waals surface area contributed by atoms with Crippen LogP contribution < -0.4 is 5.32 Å². The predicted molar refractivity (Wildman–Crippen MR) is 70.7 cm³/mol. The summed E-state index contributed by atoms with van der Waals surface area (Å²) in [6.07, 6.45) is 1.89. The normalized spacial score (nSPS) is 10.8. The molecule has 0 unspecified atom stereocenters. The average molecular weight is 255 g/mol. The summed E-state index contributed by atoms with van der Waals surface area (Å²) in [5.41, 5.74) is 2.82. The molecule has 0 bridgehead atoms. The van der Waals surface area contributed by atoms with Gasteiger partial charge in [-0.05, 0) is 36.1 Å². The lowest BCUT2D eigenvalue weighted by Crippen LogP contribution is -2.22. The molecule has 0 aliphatic carbocycles. The van der Waals surface area contributed by atoms with Crippen molar-refractivity contribution >= 4 is 16.8 Å². The van der Waals surface area contributed by atoms with Crippen LogP contribution in [0.1, 0.15) is 21.8 Å². The maximum absolute atomic E-state index is 11.8. The van der Waals surface area contributed by atoms with Crippen molar-refractivity contribution in [1.82, 2.24) is 15.5 Å². The third-order valence-electron chi connectivity index (χ3n) is 2.92. The van der Waals surface area contributed by atoms with Crippen LogP contribution in [0.5, 0.6) is 0 Å². The Hall–Kier alpha value is -2.56. The molecule has 3 aromatic rings. The molecule has 5 nitrogen and oxygen atoms in total. The van der Waals surface area contributed by atoms with Crippen LogP contribution in [0.4, 0.5) is 0 Å². The van der Waals surface area contributed by atoms with Crippen molar-refractivity contribution in [2.24, 2.45) is 0 Å². The minimum absolute atomic E-state index is 0.236. The number of fused-ring (bicyclic) bond motifs is 1. The molecule has 0 saturated heterocycles. The lowest BCUT2D eigenvalue weighted by atomic mass is 10.1. The molecule has 2 N–H and O–H groups in total. The van der Waals surface area contributed by atoms with E-state index in [4.69, 9.17) is 4.52 Å². The zero-order chi connectivity index (χ0) is 13.2. The van der Waals surface area contributed by atoms with Crippen molar-refractivity contribution < 1.29 is 9.32 Å². The number of H-pyrrole nitrogens is 1. The molecule has 0 atom stereocenters. The number of hydrogen-bond acceptors (Lipinski definition) is 3. The van der Waals surface area contributed by atoms with Gasteiger partial charge >= 0.3 is 0 Å². The Morgan fingerprint density at radius 3 is 3.05 bits per heavy atom. The number of aromatic amines is 1. The Bertz CT molecular complexity index is 727. The number of rotatable bonds is 3. The first-order valence-electron chi connectivity index (χ1n) is 6.00. The maximum atomic E-state index is 11.8. The number of nitrogens with one attached hydrogen (secondary N) is 2. The number of amides is 1. The molecular weight excluding hydrogens is 242 g/mol. The van der Waals surface area contributed by atoms with Gasteiger partial charge in [0.25, 0.3) is 5.91 Å². The van der Waals surface area contributed by atoms with E-state index in [1.165, 1.54) is 0 Å². The second-order valence-electron chi connectivity index (χ2n) is 4.41. The van der Waals surface area contributed by atoms with Crippen LogP contribution in [0.15, 0.2) is 41.1 Å². The average Bonchev–Trinajstić information content (AvgIpc) is 3.03. The molecule has 1 amide bonds. The first-order valence-corrected chi connectivity index (χ1v) is 6.00. The molecule has 5 heteroatoms. The van der Waals surface area contributed by atoms with Crippen molar-refractivity contribution in [1.29, 1.82) is 0 Å². The zero-order valence-corrected chi connectivity index (χ0v) is 10.4. The van der Waals surface area contributed by atoms with Crippen molar-refractivity contribution in [3.8, 4) is 0 Å². The van der Waals surface area contributed by atoms with E-state index in [1.54, 1.807) is 13.0 Å². The number of nitrogens with zero attached hydrogens (tertiary/aromatic N) is 1. The fraction of sp³-hybridized carbons (Fsp3) is 0.143. The Balaban J connectivity index is 1.70. The summed E-state index contributed by atoms with van der Waals surface area (Å²) in [6.45, 7) is 2.24. The number of carbonyl (C=O) groups excluding carboxylic acids is 1. The molecule has 2 heterocycles. The second-order valence-corrected chi connectivity index (χ2v) is 4.41. The molecule has 2 aromatic heterocycles. The van der Waals surface area contributed by atoms with Gasteiger partial charge in [0.1, 0.15) is 0 Å². The highest BCUT2D eigenvalue weighted by molar-refractivity contribution is 5.91. The minimum atomic E-state index is -0.255. The fourth-order valence-electron chi connectivity index (χ4n) is 1.95. The molecule has 0 fully saturated rings. The molecular formula is C14H13N3O2. The monoisotopic (exact) mass is 255 g/mol. The summed E-state index contributed by atoms with van der Waals surface area (Å²) in [7, 11) is 0. The SMILES string of the molecule is Cc1cc(C(=O)NCc2ccc3[nH]ccc3c2)on1. The van der Waals surface area contributed by atoms with Crippen LogP contribution in [0.25, 0.3) is 10.9 Å². The van der Waals surface area contributed by atoms with Crippen molar-refractivity contribution in [3.05, 3.63) is 53.5 Å². The van der Waals surface area contributed by atoms with Crippen LogP contribution in [0, 0.1) is 6.92 Å². The number of aryl methyl sites for hydroxylation is 1.